The predicted octanol–water partition coefficient (Wildman–Crippen LogP) is 3.23. The molecule has 0 amide bonds. The molecule has 2 rings (SSSR count). The van der Waals surface area contributed by atoms with Gasteiger partial charge >= 0.3 is 0 Å². The van der Waals surface area contributed by atoms with Crippen LogP contribution in [0.1, 0.15) is 37.6 Å². The SMILES string of the molecule is Cc1ccc(-n2cncc2C(N)CC(C)C)cc1. The fourth-order valence-electron chi connectivity index (χ4n) is 2.13. The molecular formula is C15H21N3. The average Bonchev–Trinajstić information content (AvgIpc) is 2.78. The molecule has 18 heavy (non-hydrogen) atoms. The Balaban J connectivity index is 2.29. The van der Waals surface area contributed by atoms with Gasteiger partial charge in [0.2, 0.25) is 0 Å². The van der Waals surface area contributed by atoms with Gasteiger partial charge in [-0.3, -0.25) is 0 Å². The van der Waals surface area contributed by atoms with Gasteiger partial charge < -0.3 is 10.3 Å². The summed E-state index contributed by atoms with van der Waals surface area (Å²) in [5.41, 5.74) is 9.70. The first-order chi connectivity index (χ1) is 8.58. The first kappa shape index (κ1) is 12.8. The number of rotatable bonds is 4. The summed E-state index contributed by atoms with van der Waals surface area (Å²) < 4.78 is 2.08. The van der Waals surface area contributed by atoms with Gasteiger partial charge in [0.1, 0.15) is 0 Å². The molecule has 0 saturated heterocycles. The lowest BCUT2D eigenvalue weighted by Gasteiger charge is -2.16. The van der Waals surface area contributed by atoms with E-state index in [1.54, 1.807) is 0 Å². The van der Waals surface area contributed by atoms with E-state index in [-0.39, 0.29) is 6.04 Å². The van der Waals surface area contributed by atoms with E-state index in [4.69, 9.17) is 5.73 Å². The van der Waals surface area contributed by atoms with E-state index in [0.29, 0.717) is 5.92 Å². The minimum Gasteiger partial charge on any atom is -0.323 e. The van der Waals surface area contributed by atoms with Crippen molar-refractivity contribution in [2.24, 2.45) is 11.7 Å². The number of nitrogens with two attached hydrogens (primary N) is 1. The topological polar surface area (TPSA) is 43.8 Å². The van der Waals surface area contributed by atoms with E-state index >= 15 is 0 Å². The van der Waals surface area contributed by atoms with Gasteiger partial charge in [-0.25, -0.2) is 4.98 Å². The van der Waals surface area contributed by atoms with Crippen molar-refractivity contribution in [3.8, 4) is 5.69 Å². The summed E-state index contributed by atoms with van der Waals surface area (Å²) in [5.74, 6) is 0.585. The molecule has 0 bridgehead atoms. The highest BCUT2D eigenvalue weighted by Crippen LogP contribution is 2.21. The Kier molecular flexibility index (Phi) is 3.82. The number of aryl methyl sites for hydroxylation is 1. The van der Waals surface area contributed by atoms with Crippen molar-refractivity contribution in [3.63, 3.8) is 0 Å². The summed E-state index contributed by atoms with van der Waals surface area (Å²) in [7, 11) is 0. The lowest BCUT2D eigenvalue weighted by atomic mass is 10.0. The number of benzene rings is 1. The van der Waals surface area contributed by atoms with E-state index in [0.717, 1.165) is 17.8 Å². The van der Waals surface area contributed by atoms with Crippen LogP contribution in [0.5, 0.6) is 0 Å². The largest absolute Gasteiger partial charge is 0.323 e. The molecule has 0 aliphatic carbocycles. The number of aromatic nitrogens is 2. The van der Waals surface area contributed by atoms with Crippen LogP contribution in [0.4, 0.5) is 0 Å². The lowest BCUT2D eigenvalue weighted by molar-refractivity contribution is 0.498. The van der Waals surface area contributed by atoms with Crippen molar-refractivity contribution in [2.75, 3.05) is 0 Å². The molecular weight excluding hydrogens is 222 g/mol. The summed E-state index contributed by atoms with van der Waals surface area (Å²) in [6.07, 6.45) is 4.67. The number of hydrogen-bond donors (Lipinski definition) is 1. The molecule has 1 unspecified atom stereocenters. The highest BCUT2D eigenvalue weighted by molar-refractivity contribution is 5.36. The van der Waals surface area contributed by atoms with Crippen LogP contribution in [-0.2, 0) is 0 Å². The van der Waals surface area contributed by atoms with Gasteiger partial charge in [-0.1, -0.05) is 31.5 Å². The number of imidazole rings is 1. The van der Waals surface area contributed by atoms with Crippen LogP contribution in [-0.4, -0.2) is 9.55 Å². The summed E-state index contributed by atoms with van der Waals surface area (Å²) >= 11 is 0. The Bertz CT molecular complexity index is 497. The molecule has 3 nitrogen and oxygen atoms in total. The van der Waals surface area contributed by atoms with Crippen LogP contribution >= 0.6 is 0 Å². The molecule has 0 radical (unpaired) electrons. The van der Waals surface area contributed by atoms with Gasteiger partial charge in [-0.2, -0.15) is 0 Å². The van der Waals surface area contributed by atoms with Crippen molar-refractivity contribution in [1.82, 2.24) is 9.55 Å². The molecule has 0 fully saturated rings. The third kappa shape index (κ3) is 2.79. The third-order valence-corrected chi connectivity index (χ3v) is 3.08. The highest BCUT2D eigenvalue weighted by Gasteiger charge is 2.13. The maximum absolute atomic E-state index is 6.25. The van der Waals surface area contributed by atoms with E-state index < -0.39 is 0 Å². The van der Waals surface area contributed by atoms with Crippen molar-refractivity contribution < 1.29 is 0 Å². The zero-order chi connectivity index (χ0) is 13.1. The second kappa shape index (κ2) is 5.36. The minimum absolute atomic E-state index is 0.0359. The van der Waals surface area contributed by atoms with Gasteiger partial charge in [0, 0.05) is 11.7 Å². The zero-order valence-electron chi connectivity index (χ0n) is 11.3. The van der Waals surface area contributed by atoms with Crippen molar-refractivity contribution in [2.45, 2.75) is 33.2 Å². The average molecular weight is 243 g/mol. The van der Waals surface area contributed by atoms with Crippen LogP contribution in [0.3, 0.4) is 0 Å². The third-order valence-electron chi connectivity index (χ3n) is 3.08. The first-order valence-electron chi connectivity index (χ1n) is 6.43. The second-order valence-electron chi connectivity index (χ2n) is 5.26. The van der Waals surface area contributed by atoms with Crippen LogP contribution < -0.4 is 5.73 Å². The van der Waals surface area contributed by atoms with Gasteiger partial charge in [-0.15, -0.1) is 0 Å². The Labute approximate surface area is 109 Å². The lowest BCUT2D eigenvalue weighted by Crippen LogP contribution is -2.16. The molecule has 0 aliphatic heterocycles. The van der Waals surface area contributed by atoms with Gasteiger partial charge in [0.15, 0.2) is 0 Å². The summed E-state index contributed by atoms with van der Waals surface area (Å²) in [4.78, 5) is 4.23. The maximum atomic E-state index is 6.25. The summed E-state index contributed by atoms with van der Waals surface area (Å²) in [5, 5.41) is 0. The van der Waals surface area contributed by atoms with Crippen molar-refractivity contribution in [1.29, 1.82) is 0 Å². The molecule has 0 saturated carbocycles. The zero-order valence-corrected chi connectivity index (χ0v) is 11.3. The second-order valence-corrected chi connectivity index (χ2v) is 5.26. The van der Waals surface area contributed by atoms with E-state index in [1.165, 1.54) is 5.56 Å². The molecule has 1 aromatic heterocycles. The fraction of sp³-hybridized carbons (Fsp3) is 0.400. The van der Waals surface area contributed by atoms with Crippen LogP contribution in [0.15, 0.2) is 36.8 Å². The standard InChI is InChI=1S/C15H21N3/c1-11(2)8-14(16)15-9-17-10-18(15)13-6-4-12(3)5-7-13/h4-7,9-11,14H,8,16H2,1-3H3. The van der Waals surface area contributed by atoms with Crippen molar-refractivity contribution >= 4 is 0 Å². The summed E-state index contributed by atoms with van der Waals surface area (Å²) in [6.45, 7) is 6.46. The van der Waals surface area contributed by atoms with Gasteiger partial charge in [0.05, 0.1) is 18.2 Å². The predicted molar refractivity (Wildman–Crippen MR) is 74.7 cm³/mol. The Morgan fingerprint density at radius 1 is 1.22 bits per heavy atom. The Morgan fingerprint density at radius 3 is 2.50 bits per heavy atom. The quantitative estimate of drug-likeness (QED) is 0.896. The Morgan fingerprint density at radius 2 is 1.89 bits per heavy atom. The minimum atomic E-state index is 0.0359. The van der Waals surface area contributed by atoms with E-state index in [9.17, 15) is 0 Å². The normalized spacial score (nSPS) is 12.9. The number of nitrogens with zero attached hydrogens (tertiary/aromatic N) is 2. The van der Waals surface area contributed by atoms with Crippen LogP contribution in [0, 0.1) is 12.8 Å². The summed E-state index contributed by atoms with van der Waals surface area (Å²) in [6, 6.07) is 8.44. The maximum Gasteiger partial charge on any atom is 0.0994 e. The molecule has 1 heterocycles. The molecule has 96 valence electrons. The fourth-order valence-corrected chi connectivity index (χ4v) is 2.13. The molecule has 2 N–H and O–H groups in total. The molecule has 2 aromatic rings. The molecule has 3 heteroatoms. The van der Waals surface area contributed by atoms with Crippen molar-refractivity contribution in [3.05, 3.63) is 48.0 Å². The first-order valence-corrected chi connectivity index (χ1v) is 6.43. The van der Waals surface area contributed by atoms with Gasteiger partial charge in [-0.05, 0) is 31.4 Å². The molecule has 0 spiro atoms. The van der Waals surface area contributed by atoms with E-state index in [1.807, 2.05) is 12.5 Å². The molecule has 0 aliphatic rings. The monoisotopic (exact) mass is 243 g/mol. The van der Waals surface area contributed by atoms with Crippen LogP contribution in [0.25, 0.3) is 5.69 Å². The smallest absolute Gasteiger partial charge is 0.0994 e. The highest BCUT2D eigenvalue weighted by atomic mass is 15.1. The molecule has 1 aromatic carbocycles. The van der Waals surface area contributed by atoms with Gasteiger partial charge in [0.25, 0.3) is 0 Å². The van der Waals surface area contributed by atoms with E-state index in [2.05, 4.69) is 54.6 Å². The Hall–Kier alpha value is -1.61. The van der Waals surface area contributed by atoms with Crippen LogP contribution in [0.2, 0.25) is 0 Å². The number of hydrogen-bond acceptors (Lipinski definition) is 2. The molecule has 1 atom stereocenters.